The minimum atomic E-state index is -0.304. The molecule has 0 saturated carbocycles. The van der Waals surface area contributed by atoms with Crippen LogP contribution in [0.25, 0.3) is 0 Å². The predicted octanol–water partition coefficient (Wildman–Crippen LogP) is 3.84. The number of aryl methyl sites for hydroxylation is 1. The number of halogens is 1. The number of nitrogens with zero attached hydrogens (tertiary/aromatic N) is 5. The average molecular weight is 394 g/mol. The fourth-order valence-corrected chi connectivity index (χ4v) is 3.28. The van der Waals surface area contributed by atoms with Crippen LogP contribution in [0.5, 0.6) is 11.6 Å². The number of ether oxygens (including phenoxy) is 1. The first-order valence-corrected chi connectivity index (χ1v) is 9.78. The third kappa shape index (κ3) is 4.96. The maximum atomic E-state index is 13.0. The number of benzene rings is 1. The van der Waals surface area contributed by atoms with E-state index in [1.807, 2.05) is 0 Å². The van der Waals surface area contributed by atoms with Gasteiger partial charge in [0.05, 0.1) is 0 Å². The molecule has 29 heavy (non-hydrogen) atoms. The first-order valence-electron chi connectivity index (χ1n) is 9.78. The molecule has 7 nitrogen and oxygen atoms in total. The fraction of sp³-hybridized carbons (Fsp3) is 0.333. The van der Waals surface area contributed by atoms with E-state index in [1.54, 1.807) is 30.7 Å². The predicted molar refractivity (Wildman–Crippen MR) is 109 cm³/mol. The Bertz CT molecular complexity index is 944. The van der Waals surface area contributed by atoms with Crippen molar-refractivity contribution in [3.63, 3.8) is 0 Å². The first-order chi connectivity index (χ1) is 14.2. The molecule has 1 aliphatic heterocycles. The normalized spacial score (nSPS) is 14.6. The highest BCUT2D eigenvalue weighted by molar-refractivity contribution is 5.40. The Labute approximate surface area is 169 Å². The molecule has 0 amide bonds. The van der Waals surface area contributed by atoms with Gasteiger partial charge in [-0.2, -0.15) is 4.98 Å². The second-order valence-corrected chi connectivity index (χ2v) is 6.90. The molecule has 0 aliphatic carbocycles. The van der Waals surface area contributed by atoms with Crippen molar-refractivity contribution >= 4 is 11.8 Å². The summed E-state index contributed by atoms with van der Waals surface area (Å²) in [4.78, 5) is 19.7. The summed E-state index contributed by atoms with van der Waals surface area (Å²) in [5.41, 5.74) is 1.06. The summed E-state index contributed by atoms with van der Waals surface area (Å²) in [6, 6.07) is 9.86. The zero-order valence-corrected chi connectivity index (χ0v) is 16.3. The molecule has 150 valence electrons. The summed E-state index contributed by atoms with van der Waals surface area (Å²) in [7, 11) is 0. The van der Waals surface area contributed by atoms with E-state index in [4.69, 9.17) is 4.74 Å². The lowest BCUT2D eigenvalue weighted by Gasteiger charge is -2.33. The maximum Gasteiger partial charge on any atom is 0.226 e. The van der Waals surface area contributed by atoms with E-state index < -0.39 is 0 Å². The molecule has 3 aromatic rings. The highest BCUT2D eigenvalue weighted by Gasteiger charge is 2.21. The number of rotatable bonds is 6. The molecule has 1 aromatic carbocycles. The van der Waals surface area contributed by atoms with Crippen LogP contribution in [-0.2, 0) is 6.42 Å². The van der Waals surface area contributed by atoms with E-state index >= 15 is 0 Å². The van der Waals surface area contributed by atoms with Gasteiger partial charge in [-0.25, -0.2) is 19.3 Å². The molecule has 8 heteroatoms. The quantitative estimate of drug-likeness (QED) is 0.681. The lowest BCUT2D eigenvalue weighted by Crippen LogP contribution is -2.39. The smallest absolute Gasteiger partial charge is 0.226 e. The van der Waals surface area contributed by atoms with Gasteiger partial charge in [0, 0.05) is 43.2 Å². The first kappa shape index (κ1) is 19.0. The van der Waals surface area contributed by atoms with Gasteiger partial charge in [-0.3, -0.25) is 0 Å². The van der Waals surface area contributed by atoms with Crippen molar-refractivity contribution in [2.75, 3.05) is 23.3 Å². The molecule has 0 unspecified atom stereocenters. The Morgan fingerprint density at radius 1 is 1.10 bits per heavy atom. The van der Waals surface area contributed by atoms with Crippen molar-refractivity contribution in [1.29, 1.82) is 0 Å². The summed E-state index contributed by atoms with van der Waals surface area (Å²) in [5.74, 6) is 2.15. The Morgan fingerprint density at radius 2 is 1.90 bits per heavy atom. The number of aromatic nitrogens is 4. The van der Waals surface area contributed by atoms with E-state index in [1.165, 1.54) is 12.1 Å². The van der Waals surface area contributed by atoms with Gasteiger partial charge in [-0.15, -0.1) is 0 Å². The molecule has 2 aromatic heterocycles. The van der Waals surface area contributed by atoms with Gasteiger partial charge in [-0.1, -0.05) is 6.92 Å². The summed E-state index contributed by atoms with van der Waals surface area (Å²) in [5, 5.41) is 3.39. The van der Waals surface area contributed by atoms with Gasteiger partial charge in [0.25, 0.3) is 0 Å². The van der Waals surface area contributed by atoms with Crippen molar-refractivity contribution in [2.24, 2.45) is 0 Å². The Balaban J connectivity index is 1.34. The van der Waals surface area contributed by atoms with Gasteiger partial charge in [0.1, 0.15) is 23.7 Å². The van der Waals surface area contributed by atoms with Crippen molar-refractivity contribution in [3.8, 4) is 11.6 Å². The monoisotopic (exact) mass is 394 g/mol. The van der Waals surface area contributed by atoms with Crippen LogP contribution < -0.4 is 15.0 Å². The Kier molecular flexibility index (Phi) is 5.79. The van der Waals surface area contributed by atoms with Crippen molar-refractivity contribution in [3.05, 3.63) is 60.4 Å². The number of anilines is 2. The van der Waals surface area contributed by atoms with Crippen LogP contribution >= 0.6 is 0 Å². The molecule has 1 fully saturated rings. The van der Waals surface area contributed by atoms with Crippen LogP contribution in [0.3, 0.4) is 0 Å². The second-order valence-electron chi connectivity index (χ2n) is 6.90. The van der Waals surface area contributed by atoms with Crippen LogP contribution in [-0.4, -0.2) is 39.1 Å². The fourth-order valence-electron chi connectivity index (χ4n) is 3.28. The molecule has 1 aliphatic rings. The molecule has 1 N–H and O–H groups in total. The molecule has 0 spiro atoms. The third-order valence-electron chi connectivity index (χ3n) is 4.89. The highest BCUT2D eigenvalue weighted by Crippen LogP contribution is 2.22. The summed E-state index contributed by atoms with van der Waals surface area (Å²) in [6.45, 7) is 3.91. The van der Waals surface area contributed by atoms with Gasteiger partial charge >= 0.3 is 0 Å². The van der Waals surface area contributed by atoms with E-state index in [-0.39, 0.29) is 11.9 Å². The van der Waals surface area contributed by atoms with Crippen LogP contribution in [0, 0.1) is 5.82 Å². The van der Waals surface area contributed by atoms with Gasteiger partial charge < -0.3 is 15.0 Å². The molecule has 1 saturated heterocycles. The number of piperidine rings is 1. The lowest BCUT2D eigenvalue weighted by atomic mass is 10.1. The highest BCUT2D eigenvalue weighted by atomic mass is 19.1. The molecular formula is C21H23FN6O. The standard InChI is InChI=1S/C21H23FN6O/c1-2-16-13-19(25-14-24-16)28-11-8-17(9-12-28)26-21-23-10-7-20(27-21)29-18-5-3-15(22)4-6-18/h3-7,10,13-14,17H,2,8-9,11-12H2,1H3,(H,23,26,27). The van der Waals surface area contributed by atoms with Gasteiger partial charge in [0.15, 0.2) is 0 Å². The number of hydrogen-bond donors (Lipinski definition) is 1. The summed E-state index contributed by atoms with van der Waals surface area (Å²) in [6.07, 6.45) is 6.10. The average Bonchev–Trinajstić information content (AvgIpc) is 2.76. The lowest BCUT2D eigenvalue weighted by molar-refractivity contribution is 0.459. The van der Waals surface area contributed by atoms with Crippen molar-refractivity contribution < 1.29 is 9.13 Å². The zero-order chi connectivity index (χ0) is 20.1. The topological polar surface area (TPSA) is 76.1 Å². The third-order valence-corrected chi connectivity index (χ3v) is 4.89. The molecule has 0 atom stereocenters. The maximum absolute atomic E-state index is 13.0. The number of hydrogen-bond acceptors (Lipinski definition) is 7. The molecule has 0 radical (unpaired) electrons. The SMILES string of the molecule is CCc1cc(N2CCC(Nc3nccc(Oc4ccc(F)cc4)n3)CC2)ncn1. The second kappa shape index (κ2) is 8.81. The molecular weight excluding hydrogens is 371 g/mol. The molecule has 0 bridgehead atoms. The zero-order valence-electron chi connectivity index (χ0n) is 16.3. The van der Waals surface area contributed by atoms with E-state index in [9.17, 15) is 4.39 Å². The van der Waals surface area contributed by atoms with Crippen LogP contribution in [0.4, 0.5) is 16.2 Å². The van der Waals surface area contributed by atoms with Gasteiger partial charge in [0.2, 0.25) is 11.8 Å². The van der Waals surface area contributed by atoms with Crippen LogP contribution in [0.2, 0.25) is 0 Å². The van der Waals surface area contributed by atoms with Crippen molar-refractivity contribution in [1.82, 2.24) is 19.9 Å². The van der Waals surface area contributed by atoms with Gasteiger partial charge in [-0.05, 0) is 43.5 Å². The van der Waals surface area contributed by atoms with E-state index in [0.29, 0.717) is 17.6 Å². The minimum absolute atomic E-state index is 0.278. The van der Waals surface area contributed by atoms with E-state index in [0.717, 1.165) is 43.9 Å². The largest absolute Gasteiger partial charge is 0.439 e. The van der Waals surface area contributed by atoms with Crippen LogP contribution in [0.15, 0.2) is 48.9 Å². The van der Waals surface area contributed by atoms with Crippen LogP contribution in [0.1, 0.15) is 25.5 Å². The van der Waals surface area contributed by atoms with Crippen molar-refractivity contribution in [2.45, 2.75) is 32.2 Å². The Morgan fingerprint density at radius 3 is 2.66 bits per heavy atom. The molecule has 3 heterocycles. The summed E-state index contributed by atoms with van der Waals surface area (Å²) >= 11 is 0. The minimum Gasteiger partial charge on any atom is -0.439 e. The Hall–Kier alpha value is -3.29. The molecule has 4 rings (SSSR count). The number of nitrogens with one attached hydrogen (secondary N) is 1. The van der Waals surface area contributed by atoms with E-state index in [2.05, 4.69) is 43.1 Å². The summed E-state index contributed by atoms with van der Waals surface area (Å²) < 4.78 is 18.7.